The van der Waals surface area contributed by atoms with Crippen LogP contribution in [0.5, 0.6) is 11.5 Å². The Kier molecular flexibility index (Phi) is 4.61. The molecule has 0 atom stereocenters. The van der Waals surface area contributed by atoms with Crippen LogP contribution >= 0.6 is 0 Å². The molecule has 23 heavy (non-hydrogen) atoms. The molecule has 0 radical (unpaired) electrons. The first-order valence-corrected chi connectivity index (χ1v) is 7.30. The van der Waals surface area contributed by atoms with E-state index in [0.29, 0.717) is 23.7 Å². The largest absolute Gasteiger partial charge is 0.731 e. The van der Waals surface area contributed by atoms with Crippen molar-refractivity contribution in [1.82, 2.24) is 5.32 Å². The number of aliphatic hydroxyl groups is 1. The zero-order valence-electron chi connectivity index (χ0n) is 12.4. The number of amides is 1. The second kappa shape index (κ2) is 6.83. The lowest BCUT2D eigenvalue weighted by Gasteiger charge is -2.08. The normalized spacial score (nSPS) is 12.9. The van der Waals surface area contributed by atoms with Crippen molar-refractivity contribution in [3.8, 4) is 11.5 Å². The molecule has 3 rings (SSSR count). The number of fused-ring (bicyclic) bond motifs is 1. The summed E-state index contributed by atoms with van der Waals surface area (Å²) in [6.07, 6.45) is 0. The molecule has 2 aromatic carbocycles. The van der Waals surface area contributed by atoms with Gasteiger partial charge in [0.25, 0.3) is 5.91 Å². The van der Waals surface area contributed by atoms with Crippen LogP contribution in [0.4, 0.5) is 0 Å². The number of benzene rings is 2. The second-order valence-corrected chi connectivity index (χ2v) is 5.16. The molecule has 6 nitrogen and oxygen atoms in total. The zero-order valence-corrected chi connectivity index (χ0v) is 12.4. The maximum Gasteiger partial charge on any atom is 0.731 e. The first-order chi connectivity index (χ1) is 11.2. The number of nitrogens with one attached hydrogen (secondary N) is 1. The van der Waals surface area contributed by atoms with Gasteiger partial charge in [-0.25, -0.2) is 0 Å². The predicted molar refractivity (Wildman–Crippen MR) is 86.2 cm³/mol. The zero-order chi connectivity index (χ0) is 16.2. The minimum Gasteiger partial charge on any atom is -0.522 e. The first kappa shape index (κ1) is 15.5. The van der Waals surface area contributed by atoms with Gasteiger partial charge in [-0.1, -0.05) is 6.07 Å². The molecule has 118 valence electrons. The maximum atomic E-state index is 11.7. The molecular formula is C16H17BNO5+. The van der Waals surface area contributed by atoms with Gasteiger partial charge in [-0.3, -0.25) is 4.79 Å². The van der Waals surface area contributed by atoms with Crippen molar-refractivity contribution >= 4 is 18.5 Å². The molecule has 1 heterocycles. The molecule has 0 spiro atoms. The summed E-state index contributed by atoms with van der Waals surface area (Å²) in [5.74, 6) is 1.05. The molecule has 0 aliphatic carbocycles. The second-order valence-electron chi connectivity index (χ2n) is 5.16. The van der Waals surface area contributed by atoms with Gasteiger partial charge < -0.3 is 24.8 Å². The van der Waals surface area contributed by atoms with E-state index < -0.39 is 7.12 Å². The van der Waals surface area contributed by atoms with Crippen LogP contribution in [-0.2, 0) is 11.3 Å². The minimum atomic E-state index is -0.615. The standard InChI is InChI=1S/C16H16BNO5/c19-8-7-18-16(20)11-1-3-13(4-2-11)23-14-5-6-15-12(9-14)10-22-17(15)21/h1-6,9,19,21H,7-8,10H2,(H,18,20)/p+1. The molecule has 7 heteroatoms. The third-order valence-corrected chi connectivity index (χ3v) is 3.55. The maximum absolute atomic E-state index is 11.7. The van der Waals surface area contributed by atoms with Crippen LogP contribution in [0.25, 0.3) is 0 Å². The van der Waals surface area contributed by atoms with E-state index in [0.717, 1.165) is 11.0 Å². The molecule has 0 saturated heterocycles. The molecule has 1 amide bonds. The SMILES string of the molecule is O=C(NCCO)c1ccc(Oc2ccc3c(c2)COB3[OH2+])cc1. The highest BCUT2D eigenvalue weighted by molar-refractivity contribution is 6.61. The van der Waals surface area contributed by atoms with Gasteiger partial charge in [0.15, 0.2) is 0 Å². The van der Waals surface area contributed by atoms with Gasteiger partial charge in [0.2, 0.25) is 0 Å². The molecule has 0 bridgehead atoms. The summed E-state index contributed by atoms with van der Waals surface area (Å²) in [6, 6.07) is 12.3. The van der Waals surface area contributed by atoms with Gasteiger partial charge in [-0.2, -0.15) is 0 Å². The number of hydrogen-bond acceptors (Lipinski definition) is 4. The fourth-order valence-electron chi connectivity index (χ4n) is 2.37. The van der Waals surface area contributed by atoms with E-state index in [1.165, 1.54) is 0 Å². The minimum absolute atomic E-state index is 0.0891. The number of carbonyl (C=O) groups is 1. The van der Waals surface area contributed by atoms with Gasteiger partial charge in [0.1, 0.15) is 11.5 Å². The van der Waals surface area contributed by atoms with E-state index in [1.54, 1.807) is 30.3 Å². The molecular weight excluding hydrogens is 297 g/mol. The van der Waals surface area contributed by atoms with Crippen molar-refractivity contribution in [2.24, 2.45) is 0 Å². The van der Waals surface area contributed by atoms with Crippen LogP contribution < -0.4 is 15.5 Å². The van der Waals surface area contributed by atoms with Crippen LogP contribution in [0.3, 0.4) is 0 Å². The highest BCUT2D eigenvalue weighted by Gasteiger charge is 2.36. The number of ether oxygens (including phenoxy) is 1. The van der Waals surface area contributed by atoms with Crippen molar-refractivity contribution in [1.29, 1.82) is 0 Å². The summed E-state index contributed by atoms with van der Waals surface area (Å²) in [6.45, 7) is 0.560. The van der Waals surface area contributed by atoms with Crippen LogP contribution in [-0.4, -0.2) is 36.3 Å². The monoisotopic (exact) mass is 314 g/mol. The van der Waals surface area contributed by atoms with E-state index >= 15 is 0 Å². The fourth-order valence-corrected chi connectivity index (χ4v) is 2.37. The number of carbonyl (C=O) groups excluding carboxylic acids is 1. The smallest absolute Gasteiger partial charge is 0.522 e. The van der Waals surface area contributed by atoms with Crippen LogP contribution in [0.1, 0.15) is 15.9 Å². The van der Waals surface area contributed by atoms with E-state index in [9.17, 15) is 4.79 Å². The molecule has 0 saturated carbocycles. The van der Waals surface area contributed by atoms with Gasteiger partial charge in [0, 0.05) is 12.1 Å². The lowest BCUT2D eigenvalue weighted by Crippen LogP contribution is -2.27. The van der Waals surface area contributed by atoms with Gasteiger partial charge in [-0.05, 0) is 42.0 Å². The highest BCUT2D eigenvalue weighted by atomic mass is 16.5. The summed E-state index contributed by atoms with van der Waals surface area (Å²) in [4.78, 5) is 11.7. The lowest BCUT2D eigenvalue weighted by atomic mass is 9.80. The molecule has 4 N–H and O–H groups in total. The number of hydrogen-bond donors (Lipinski definition) is 2. The average molecular weight is 314 g/mol. The van der Waals surface area contributed by atoms with Crippen molar-refractivity contribution in [3.63, 3.8) is 0 Å². The van der Waals surface area contributed by atoms with Crippen molar-refractivity contribution in [3.05, 3.63) is 53.6 Å². The summed E-state index contributed by atoms with van der Waals surface area (Å²) in [5, 5.41) is 19.0. The Bertz CT molecular complexity index is 704. The molecule has 0 unspecified atom stereocenters. The Morgan fingerprint density at radius 3 is 2.74 bits per heavy atom. The van der Waals surface area contributed by atoms with Crippen LogP contribution in [0.2, 0.25) is 0 Å². The average Bonchev–Trinajstić information content (AvgIpc) is 2.94. The summed E-state index contributed by atoms with van der Waals surface area (Å²) in [5.41, 5.74) is 2.33. The van der Waals surface area contributed by atoms with Gasteiger partial charge in [0.05, 0.1) is 18.7 Å². The Hall–Kier alpha value is -2.35. The first-order valence-electron chi connectivity index (χ1n) is 7.30. The summed E-state index contributed by atoms with van der Waals surface area (Å²) < 4.78 is 11.0. The third-order valence-electron chi connectivity index (χ3n) is 3.55. The molecule has 0 fully saturated rings. The molecule has 0 aromatic heterocycles. The van der Waals surface area contributed by atoms with Gasteiger partial charge in [-0.15, -0.1) is 0 Å². The van der Waals surface area contributed by atoms with Gasteiger partial charge >= 0.3 is 7.12 Å². The van der Waals surface area contributed by atoms with Crippen molar-refractivity contribution in [2.45, 2.75) is 6.61 Å². The number of aliphatic hydroxyl groups excluding tert-OH is 1. The van der Waals surface area contributed by atoms with Crippen molar-refractivity contribution in [2.75, 3.05) is 13.2 Å². The fraction of sp³-hybridized carbons (Fsp3) is 0.188. The summed E-state index contributed by atoms with van der Waals surface area (Å²) >= 11 is 0. The Labute approximate surface area is 133 Å². The number of rotatable bonds is 5. The molecule has 1 aliphatic rings. The quantitative estimate of drug-likeness (QED) is 0.607. The van der Waals surface area contributed by atoms with E-state index in [1.807, 2.05) is 12.1 Å². The Balaban J connectivity index is 1.68. The Morgan fingerprint density at radius 1 is 1.26 bits per heavy atom. The molecule has 1 aliphatic heterocycles. The third kappa shape index (κ3) is 3.53. The topological polar surface area (TPSA) is 90.7 Å². The van der Waals surface area contributed by atoms with Crippen molar-refractivity contribution < 1.29 is 24.3 Å². The van der Waals surface area contributed by atoms with Crippen LogP contribution in [0, 0.1) is 0 Å². The summed E-state index contributed by atoms with van der Waals surface area (Å²) in [7, 11) is -0.615. The predicted octanol–water partition coefficient (Wildman–Crippen LogP) is 0.151. The lowest BCUT2D eigenvalue weighted by molar-refractivity contribution is 0.0944. The molecule has 2 aromatic rings. The Morgan fingerprint density at radius 2 is 2.00 bits per heavy atom. The van der Waals surface area contributed by atoms with Crippen LogP contribution in [0.15, 0.2) is 42.5 Å². The van der Waals surface area contributed by atoms with E-state index in [-0.39, 0.29) is 19.1 Å². The van der Waals surface area contributed by atoms with E-state index in [2.05, 4.69) is 5.32 Å². The highest BCUT2D eigenvalue weighted by Crippen LogP contribution is 2.24. The van der Waals surface area contributed by atoms with E-state index in [4.69, 9.17) is 19.5 Å².